The second-order valence-corrected chi connectivity index (χ2v) is 8.95. The largest absolute Gasteiger partial charge is 0.0527 e. The van der Waals surface area contributed by atoms with Crippen molar-refractivity contribution in [2.75, 3.05) is 0 Å². The van der Waals surface area contributed by atoms with E-state index in [4.69, 9.17) is 0 Å². The van der Waals surface area contributed by atoms with Gasteiger partial charge in [0.15, 0.2) is 0 Å². The molecule has 0 atom stereocenters. The van der Waals surface area contributed by atoms with Gasteiger partial charge in [0.05, 0.1) is 0 Å². The summed E-state index contributed by atoms with van der Waals surface area (Å²) in [7, 11) is 0. The van der Waals surface area contributed by atoms with E-state index in [0.717, 1.165) is 16.2 Å². The van der Waals surface area contributed by atoms with E-state index in [1.807, 2.05) is 0 Å². The Hall–Kier alpha value is 0. The molecule has 0 heteroatoms. The third-order valence-electron chi connectivity index (χ3n) is 9.43. The maximum atomic E-state index is 1.68. The molecule has 0 aromatic heterocycles. The highest BCUT2D eigenvalue weighted by Gasteiger charge is 3.22. The van der Waals surface area contributed by atoms with Crippen LogP contribution in [0.25, 0.3) is 0 Å². The minimum atomic E-state index is 1.02. The minimum absolute atomic E-state index is 1.02. The molecule has 0 amide bonds. The Balaban J connectivity index is 1.39. The van der Waals surface area contributed by atoms with E-state index in [2.05, 4.69) is 0 Å². The van der Waals surface area contributed by atoms with Gasteiger partial charge in [-0.15, -0.1) is 0 Å². The van der Waals surface area contributed by atoms with Crippen LogP contribution in [-0.4, -0.2) is 0 Å². The first kappa shape index (κ1) is 8.23. The first-order valence-electron chi connectivity index (χ1n) is 8.38. The van der Waals surface area contributed by atoms with Gasteiger partial charge in [0, 0.05) is 0 Å². The normalized spacial score (nSPS) is 83.3. The third-order valence-corrected chi connectivity index (χ3v) is 9.43. The Bertz CT molecular complexity index is 412. The van der Waals surface area contributed by atoms with Crippen molar-refractivity contribution in [2.45, 2.75) is 51.4 Å². The molecule has 9 aliphatic rings. The second-order valence-electron chi connectivity index (χ2n) is 8.95. The summed E-state index contributed by atoms with van der Waals surface area (Å²) in [5.74, 6) is 7.43. The lowest BCUT2D eigenvalue weighted by Crippen LogP contribution is -2.60. The van der Waals surface area contributed by atoms with Gasteiger partial charge < -0.3 is 0 Å². The SMILES string of the molecule is C1CC2C34C(C1)C23C41C2CC3CC(C2)CC1C3. The molecule has 0 aromatic rings. The van der Waals surface area contributed by atoms with E-state index < -0.39 is 0 Å². The molecule has 0 aromatic carbocycles. The summed E-state index contributed by atoms with van der Waals surface area (Å²) in [6, 6.07) is 0. The summed E-state index contributed by atoms with van der Waals surface area (Å²) in [6.07, 6.45) is 13.2. The zero-order valence-corrected chi connectivity index (χ0v) is 10.6. The Morgan fingerprint density at radius 3 is 1.65 bits per heavy atom. The molecule has 9 fully saturated rings. The fourth-order valence-corrected chi connectivity index (χ4v) is 10.0. The van der Waals surface area contributed by atoms with Gasteiger partial charge >= 0.3 is 0 Å². The van der Waals surface area contributed by atoms with Crippen molar-refractivity contribution in [3.05, 3.63) is 0 Å². The molecule has 17 heavy (non-hydrogen) atoms. The molecule has 90 valence electrons. The fourth-order valence-electron chi connectivity index (χ4n) is 10.0. The maximum Gasteiger partial charge on any atom is -0.00938 e. The lowest BCUT2D eigenvalue weighted by Gasteiger charge is -2.66. The maximum absolute atomic E-state index is 1.68. The Labute approximate surface area is 104 Å². The third kappa shape index (κ3) is 0.455. The van der Waals surface area contributed by atoms with Crippen LogP contribution in [0.1, 0.15) is 51.4 Å². The summed E-state index contributed by atoms with van der Waals surface area (Å²) < 4.78 is 0. The summed E-state index contributed by atoms with van der Waals surface area (Å²) in [5.41, 5.74) is 3.10. The summed E-state index contributed by atoms with van der Waals surface area (Å²) in [5, 5.41) is 0. The molecular weight excluding hydrogens is 204 g/mol. The van der Waals surface area contributed by atoms with Crippen LogP contribution >= 0.6 is 0 Å². The fraction of sp³-hybridized carbons (Fsp3) is 1.00. The Morgan fingerprint density at radius 1 is 0.588 bits per heavy atom. The van der Waals surface area contributed by atoms with Gasteiger partial charge in [0.25, 0.3) is 0 Å². The van der Waals surface area contributed by atoms with Gasteiger partial charge in [-0.1, -0.05) is 6.42 Å². The molecule has 0 heterocycles. The van der Waals surface area contributed by atoms with Crippen LogP contribution in [0.5, 0.6) is 0 Å². The standard InChI is InChI=1S/C17H22/c1-2-13-16-14(3-1)17(13,16)15(16)11-5-9-4-10(7-11)8-12(15)6-9/h9-14H,1-8H2. The predicted molar refractivity (Wildman–Crippen MR) is 65.2 cm³/mol. The molecule has 3 spiro atoms. The molecule has 9 aliphatic carbocycles. The average Bonchev–Trinajstić information content (AvgIpc) is 3.20. The molecule has 0 N–H and O–H groups in total. The van der Waals surface area contributed by atoms with Gasteiger partial charge in [-0.05, 0) is 96.7 Å². The van der Waals surface area contributed by atoms with Crippen LogP contribution in [0, 0.1) is 51.8 Å². The van der Waals surface area contributed by atoms with Crippen molar-refractivity contribution in [1.29, 1.82) is 0 Å². The van der Waals surface area contributed by atoms with Gasteiger partial charge in [-0.2, -0.15) is 0 Å². The van der Waals surface area contributed by atoms with Crippen LogP contribution < -0.4 is 0 Å². The number of hydrogen-bond donors (Lipinski definition) is 0. The molecule has 0 unspecified atom stereocenters. The summed E-state index contributed by atoms with van der Waals surface area (Å²) in [4.78, 5) is 0. The molecule has 0 radical (unpaired) electrons. The van der Waals surface area contributed by atoms with Crippen LogP contribution in [0.2, 0.25) is 0 Å². The average molecular weight is 226 g/mol. The number of rotatable bonds is 0. The van der Waals surface area contributed by atoms with Crippen LogP contribution in [-0.2, 0) is 0 Å². The van der Waals surface area contributed by atoms with E-state index in [-0.39, 0.29) is 0 Å². The molecular formula is C17H22. The first-order valence-corrected chi connectivity index (χ1v) is 8.38. The smallest absolute Gasteiger partial charge is 0.00938 e. The predicted octanol–water partition coefficient (Wildman–Crippen LogP) is 3.86. The summed E-state index contributed by atoms with van der Waals surface area (Å²) >= 11 is 0. The molecule has 0 saturated heterocycles. The van der Waals surface area contributed by atoms with Gasteiger partial charge in [-0.3, -0.25) is 0 Å². The number of fused-ring (bicyclic) bond motifs is 2. The Morgan fingerprint density at radius 2 is 1.12 bits per heavy atom. The molecule has 9 saturated carbocycles. The monoisotopic (exact) mass is 226 g/mol. The molecule has 0 nitrogen and oxygen atoms in total. The molecule has 9 rings (SSSR count). The second kappa shape index (κ2) is 1.86. The highest BCUT2D eigenvalue weighted by atomic mass is 15.3. The zero-order chi connectivity index (χ0) is 10.6. The van der Waals surface area contributed by atoms with Gasteiger partial charge in [0.2, 0.25) is 0 Å². The molecule has 0 aliphatic heterocycles. The van der Waals surface area contributed by atoms with Crippen molar-refractivity contribution in [3.8, 4) is 0 Å². The minimum Gasteiger partial charge on any atom is -0.0527 e. The quantitative estimate of drug-likeness (QED) is 0.588. The zero-order valence-electron chi connectivity index (χ0n) is 10.6. The first-order chi connectivity index (χ1) is 8.38. The van der Waals surface area contributed by atoms with E-state index in [0.29, 0.717) is 0 Å². The van der Waals surface area contributed by atoms with E-state index >= 15 is 0 Å². The van der Waals surface area contributed by atoms with Crippen molar-refractivity contribution in [2.24, 2.45) is 51.8 Å². The van der Waals surface area contributed by atoms with Crippen molar-refractivity contribution in [1.82, 2.24) is 0 Å². The van der Waals surface area contributed by atoms with E-state index in [1.165, 1.54) is 35.5 Å². The molecule has 6 bridgehead atoms. The van der Waals surface area contributed by atoms with Crippen molar-refractivity contribution in [3.63, 3.8) is 0 Å². The Kier molecular flexibility index (Phi) is 0.900. The number of hydrogen-bond acceptors (Lipinski definition) is 0. The lowest BCUT2D eigenvalue weighted by molar-refractivity contribution is -0.182. The van der Waals surface area contributed by atoms with E-state index in [1.54, 1.807) is 51.4 Å². The van der Waals surface area contributed by atoms with Crippen molar-refractivity contribution >= 4 is 0 Å². The lowest BCUT2D eigenvalue weighted by atomic mass is 9.38. The van der Waals surface area contributed by atoms with Crippen LogP contribution in [0.15, 0.2) is 0 Å². The highest BCUT2D eigenvalue weighted by Crippen LogP contribution is 3.25. The van der Waals surface area contributed by atoms with Crippen LogP contribution in [0.4, 0.5) is 0 Å². The van der Waals surface area contributed by atoms with Gasteiger partial charge in [0.1, 0.15) is 0 Å². The highest BCUT2D eigenvalue weighted by molar-refractivity contribution is 5.68. The van der Waals surface area contributed by atoms with Gasteiger partial charge in [-0.25, -0.2) is 0 Å². The van der Waals surface area contributed by atoms with E-state index in [9.17, 15) is 0 Å². The topological polar surface area (TPSA) is 0 Å². The summed E-state index contributed by atoms with van der Waals surface area (Å²) in [6.45, 7) is 0. The van der Waals surface area contributed by atoms with Crippen molar-refractivity contribution < 1.29 is 0 Å². The van der Waals surface area contributed by atoms with Crippen LogP contribution in [0.3, 0.4) is 0 Å².